The van der Waals surface area contributed by atoms with Crippen LogP contribution < -0.4 is 0 Å². The van der Waals surface area contributed by atoms with Gasteiger partial charge in [0.2, 0.25) is 0 Å². The van der Waals surface area contributed by atoms with E-state index in [2.05, 4.69) is 9.97 Å². The fourth-order valence-electron chi connectivity index (χ4n) is 0.930. The third-order valence-corrected chi connectivity index (χ3v) is 1.68. The summed E-state index contributed by atoms with van der Waals surface area (Å²) in [7, 11) is 0. The second-order valence-electron chi connectivity index (χ2n) is 2.99. The van der Waals surface area contributed by atoms with E-state index in [4.69, 9.17) is 24.5 Å². The summed E-state index contributed by atoms with van der Waals surface area (Å²) in [5.74, 6) is -3.65. The molecule has 0 fully saturated rings. The van der Waals surface area contributed by atoms with Crippen molar-refractivity contribution in [2.75, 3.05) is 13.2 Å². The van der Waals surface area contributed by atoms with Gasteiger partial charge in [0.05, 0.1) is 6.33 Å². The predicted octanol–water partition coefficient (Wildman–Crippen LogP) is 0.534. The quantitative estimate of drug-likeness (QED) is 0.514. The van der Waals surface area contributed by atoms with Gasteiger partial charge in [0.1, 0.15) is 0 Å². The zero-order chi connectivity index (χ0) is 13.1. The van der Waals surface area contributed by atoms with Gasteiger partial charge in [-0.3, -0.25) is 0 Å². The summed E-state index contributed by atoms with van der Waals surface area (Å²) in [5, 5.41) is 14.8. The molecule has 17 heavy (non-hydrogen) atoms. The molecular weight excluding hydrogens is 228 g/mol. The fourth-order valence-corrected chi connectivity index (χ4v) is 0.930. The van der Waals surface area contributed by atoms with Crippen LogP contribution in [0.5, 0.6) is 0 Å². The van der Waals surface area contributed by atoms with Gasteiger partial charge in [0.15, 0.2) is 0 Å². The maximum absolute atomic E-state index is 9.10. The van der Waals surface area contributed by atoms with Crippen molar-refractivity contribution in [3.63, 3.8) is 0 Å². The van der Waals surface area contributed by atoms with Crippen LogP contribution in [0.2, 0.25) is 0 Å². The van der Waals surface area contributed by atoms with Crippen LogP contribution in [0.4, 0.5) is 0 Å². The van der Waals surface area contributed by atoms with E-state index in [1.165, 1.54) is 5.69 Å². The van der Waals surface area contributed by atoms with Crippen LogP contribution in [0, 0.1) is 0 Å². The average molecular weight is 244 g/mol. The molecule has 1 aromatic heterocycles. The Hall–Kier alpha value is -1.89. The van der Waals surface area contributed by atoms with Gasteiger partial charge in [-0.05, 0) is 19.8 Å². The zero-order valence-corrected chi connectivity index (χ0v) is 9.55. The molecule has 0 saturated heterocycles. The largest absolute Gasteiger partial charge is 0.473 e. The Morgan fingerprint density at radius 1 is 1.41 bits per heavy atom. The number of aryl methyl sites for hydroxylation is 1. The summed E-state index contributed by atoms with van der Waals surface area (Å²) in [5.41, 5.74) is 1.18. The highest BCUT2D eigenvalue weighted by molar-refractivity contribution is 6.27. The van der Waals surface area contributed by atoms with Gasteiger partial charge < -0.3 is 19.9 Å². The van der Waals surface area contributed by atoms with Crippen LogP contribution in [0.3, 0.4) is 0 Å². The van der Waals surface area contributed by atoms with E-state index in [-0.39, 0.29) is 0 Å². The molecule has 0 aliphatic carbocycles. The number of ether oxygens (including phenoxy) is 1. The van der Waals surface area contributed by atoms with Gasteiger partial charge in [-0.1, -0.05) is 0 Å². The number of carbonyl (C=O) groups is 2. The van der Waals surface area contributed by atoms with Crippen molar-refractivity contribution < 1.29 is 24.5 Å². The highest BCUT2D eigenvalue weighted by Crippen LogP contribution is 1.96. The number of aromatic amines is 1. The number of hydrogen-bond acceptors (Lipinski definition) is 4. The van der Waals surface area contributed by atoms with Crippen molar-refractivity contribution in [3.05, 3.63) is 18.2 Å². The van der Waals surface area contributed by atoms with E-state index in [1.54, 1.807) is 6.33 Å². The summed E-state index contributed by atoms with van der Waals surface area (Å²) < 4.78 is 5.20. The Morgan fingerprint density at radius 2 is 2.06 bits per heavy atom. The summed E-state index contributed by atoms with van der Waals surface area (Å²) in [4.78, 5) is 25.2. The lowest BCUT2D eigenvalue weighted by molar-refractivity contribution is -0.159. The van der Waals surface area contributed by atoms with Crippen molar-refractivity contribution in [1.82, 2.24) is 9.97 Å². The molecule has 1 rings (SSSR count). The van der Waals surface area contributed by atoms with E-state index in [0.717, 1.165) is 26.1 Å². The van der Waals surface area contributed by atoms with Crippen LogP contribution in [0.1, 0.15) is 19.0 Å². The molecule has 1 heterocycles. The Balaban J connectivity index is 0.000000366. The standard InChI is InChI=1S/C8H14N2O.C2H2O4/c1-2-11-5-3-4-8-6-9-7-10-8;3-1(4)2(5)6/h6-7H,2-5H2,1H3,(H,9,10);(H,3,4)(H,5,6). The number of carboxylic acids is 2. The molecule has 0 spiro atoms. The third kappa shape index (κ3) is 9.06. The first kappa shape index (κ1) is 15.1. The summed E-state index contributed by atoms with van der Waals surface area (Å²) in [6, 6.07) is 0. The maximum atomic E-state index is 9.10. The van der Waals surface area contributed by atoms with E-state index >= 15 is 0 Å². The Kier molecular flexibility index (Phi) is 8.31. The van der Waals surface area contributed by atoms with Crippen molar-refractivity contribution in [3.8, 4) is 0 Å². The SMILES string of the molecule is CCOCCCc1cnc[nH]1.O=C(O)C(=O)O. The van der Waals surface area contributed by atoms with Crippen molar-refractivity contribution in [2.24, 2.45) is 0 Å². The van der Waals surface area contributed by atoms with Crippen molar-refractivity contribution in [1.29, 1.82) is 0 Å². The number of H-pyrrole nitrogens is 1. The number of aromatic nitrogens is 2. The van der Waals surface area contributed by atoms with E-state index in [1.807, 2.05) is 13.1 Å². The molecular formula is C10H16N2O5. The Morgan fingerprint density at radius 3 is 2.47 bits per heavy atom. The second-order valence-corrected chi connectivity index (χ2v) is 2.99. The first-order valence-electron chi connectivity index (χ1n) is 5.09. The van der Waals surface area contributed by atoms with Gasteiger partial charge in [-0.15, -0.1) is 0 Å². The third-order valence-electron chi connectivity index (χ3n) is 1.68. The lowest BCUT2D eigenvalue weighted by Crippen LogP contribution is -2.09. The molecule has 0 radical (unpaired) electrons. The molecule has 0 amide bonds. The smallest absolute Gasteiger partial charge is 0.414 e. The highest BCUT2D eigenvalue weighted by atomic mass is 16.5. The molecule has 0 aromatic carbocycles. The number of rotatable bonds is 5. The minimum atomic E-state index is -1.82. The molecule has 0 aliphatic heterocycles. The van der Waals surface area contributed by atoms with Crippen molar-refractivity contribution >= 4 is 11.9 Å². The van der Waals surface area contributed by atoms with Crippen molar-refractivity contribution in [2.45, 2.75) is 19.8 Å². The van der Waals surface area contributed by atoms with E-state index < -0.39 is 11.9 Å². The highest BCUT2D eigenvalue weighted by Gasteiger charge is 2.04. The molecule has 7 nitrogen and oxygen atoms in total. The van der Waals surface area contributed by atoms with Gasteiger partial charge >= 0.3 is 11.9 Å². The van der Waals surface area contributed by atoms with Crippen LogP contribution in [0.25, 0.3) is 0 Å². The number of carboxylic acid groups (broad SMARTS) is 2. The zero-order valence-electron chi connectivity index (χ0n) is 9.55. The summed E-state index contributed by atoms with van der Waals surface area (Å²) in [6.45, 7) is 3.66. The molecule has 3 N–H and O–H groups in total. The predicted molar refractivity (Wildman–Crippen MR) is 58.7 cm³/mol. The van der Waals surface area contributed by atoms with Gasteiger partial charge in [-0.2, -0.15) is 0 Å². The van der Waals surface area contributed by atoms with Gasteiger partial charge in [-0.25, -0.2) is 14.6 Å². The number of imidazole rings is 1. The van der Waals surface area contributed by atoms with Crippen LogP contribution in [0.15, 0.2) is 12.5 Å². The fraction of sp³-hybridized carbons (Fsp3) is 0.500. The number of hydrogen-bond donors (Lipinski definition) is 3. The number of nitrogens with one attached hydrogen (secondary N) is 1. The van der Waals surface area contributed by atoms with E-state index in [9.17, 15) is 0 Å². The second kappa shape index (κ2) is 9.34. The van der Waals surface area contributed by atoms with Gasteiger partial charge in [0, 0.05) is 25.1 Å². The van der Waals surface area contributed by atoms with Crippen LogP contribution >= 0.6 is 0 Å². The lowest BCUT2D eigenvalue weighted by atomic mass is 10.3. The molecule has 0 aliphatic rings. The number of nitrogens with zero attached hydrogens (tertiary/aromatic N) is 1. The Bertz CT molecular complexity index is 311. The first-order valence-corrected chi connectivity index (χ1v) is 5.09. The molecule has 96 valence electrons. The molecule has 0 unspecified atom stereocenters. The first-order chi connectivity index (χ1) is 8.07. The Labute approximate surface area is 98.4 Å². The molecule has 7 heteroatoms. The molecule has 0 bridgehead atoms. The minimum Gasteiger partial charge on any atom is -0.473 e. The average Bonchev–Trinajstić information content (AvgIpc) is 2.78. The van der Waals surface area contributed by atoms with Crippen LogP contribution in [-0.2, 0) is 20.7 Å². The minimum absolute atomic E-state index is 0.809. The van der Waals surface area contributed by atoms with Gasteiger partial charge in [0.25, 0.3) is 0 Å². The molecule has 0 saturated carbocycles. The maximum Gasteiger partial charge on any atom is 0.414 e. The molecule has 0 atom stereocenters. The summed E-state index contributed by atoms with van der Waals surface area (Å²) >= 11 is 0. The molecule has 1 aromatic rings. The monoisotopic (exact) mass is 244 g/mol. The van der Waals surface area contributed by atoms with E-state index in [0.29, 0.717) is 0 Å². The lowest BCUT2D eigenvalue weighted by Gasteiger charge is -1.98. The summed E-state index contributed by atoms with van der Waals surface area (Å²) in [6.07, 6.45) is 5.65. The topological polar surface area (TPSA) is 113 Å². The van der Waals surface area contributed by atoms with Crippen LogP contribution in [-0.4, -0.2) is 45.3 Å². The number of aliphatic carboxylic acids is 2. The normalized spacial score (nSPS) is 9.24.